The Kier molecular flexibility index (Phi) is 6.40. The van der Waals surface area contributed by atoms with Crippen LogP contribution in [0.1, 0.15) is 13.8 Å². The molecule has 0 aromatic rings. The molecule has 0 aliphatic rings. The standard InChI is InChI=1S/C8H16N2O2S/c1-6(2)7(5-13-4)10-12-8(11)9-3/h6H,5H2,1-4H3,(H,9,11). The Bertz CT molecular complexity index is 193. The van der Waals surface area contributed by atoms with E-state index in [0.717, 1.165) is 11.5 Å². The quantitative estimate of drug-likeness (QED) is 0.431. The third kappa shape index (κ3) is 5.52. The van der Waals surface area contributed by atoms with Crippen molar-refractivity contribution in [3.05, 3.63) is 0 Å². The maximum Gasteiger partial charge on any atom is 0.433 e. The van der Waals surface area contributed by atoms with Gasteiger partial charge in [0.15, 0.2) is 0 Å². The van der Waals surface area contributed by atoms with Crippen LogP contribution in [0.3, 0.4) is 0 Å². The van der Waals surface area contributed by atoms with E-state index in [2.05, 4.69) is 15.3 Å². The van der Waals surface area contributed by atoms with Crippen LogP contribution >= 0.6 is 11.8 Å². The van der Waals surface area contributed by atoms with E-state index in [1.807, 2.05) is 20.1 Å². The lowest BCUT2D eigenvalue weighted by atomic mass is 10.1. The molecule has 0 rings (SSSR count). The highest BCUT2D eigenvalue weighted by molar-refractivity contribution is 7.99. The molecular weight excluding hydrogens is 188 g/mol. The van der Waals surface area contributed by atoms with E-state index in [4.69, 9.17) is 0 Å². The number of carbonyl (C=O) groups is 1. The minimum Gasteiger partial charge on any atom is -0.323 e. The van der Waals surface area contributed by atoms with Crippen molar-refractivity contribution in [2.45, 2.75) is 13.8 Å². The molecule has 0 unspecified atom stereocenters. The van der Waals surface area contributed by atoms with Gasteiger partial charge >= 0.3 is 6.09 Å². The summed E-state index contributed by atoms with van der Waals surface area (Å²) in [7, 11) is 1.50. The fourth-order valence-corrected chi connectivity index (χ4v) is 1.27. The summed E-state index contributed by atoms with van der Waals surface area (Å²) in [4.78, 5) is 15.3. The van der Waals surface area contributed by atoms with Crippen LogP contribution in [-0.2, 0) is 4.84 Å². The molecule has 1 N–H and O–H groups in total. The zero-order chi connectivity index (χ0) is 10.3. The van der Waals surface area contributed by atoms with E-state index in [9.17, 15) is 4.79 Å². The van der Waals surface area contributed by atoms with Crippen LogP contribution in [0.2, 0.25) is 0 Å². The predicted molar refractivity (Wildman–Crippen MR) is 56.2 cm³/mol. The molecule has 0 radical (unpaired) electrons. The molecule has 1 amide bonds. The normalized spacial score (nSPS) is 11.6. The summed E-state index contributed by atoms with van der Waals surface area (Å²) in [5.41, 5.74) is 0.885. The first kappa shape index (κ1) is 12.3. The fourth-order valence-electron chi connectivity index (χ4n) is 0.592. The van der Waals surface area contributed by atoms with Crippen molar-refractivity contribution >= 4 is 23.6 Å². The number of rotatable bonds is 4. The highest BCUT2D eigenvalue weighted by atomic mass is 32.2. The van der Waals surface area contributed by atoms with Crippen molar-refractivity contribution in [1.29, 1.82) is 0 Å². The molecule has 4 nitrogen and oxygen atoms in total. The molecule has 0 aromatic carbocycles. The number of carbonyl (C=O) groups excluding carboxylic acids is 1. The Morgan fingerprint density at radius 1 is 1.62 bits per heavy atom. The van der Waals surface area contributed by atoms with Crippen LogP contribution in [0, 0.1) is 5.92 Å². The molecule has 0 aliphatic heterocycles. The predicted octanol–water partition coefficient (Wildman–Crippen LogP) is 1.72. The van der Waals surface area contributed by atoms with E-state index in [1.54, 1.807) is 11.8 Å². The molecule has 0 heterocycles. The van der Waals surface area contributed by atoms with Gasteiger partial charge in [0.25, 0.3) is 0 Å². The van der Waals surface area contributed by atoms with Gasteiger partial charge in [-0.1, -0.05) is 19.0 Å². The zero-order valence-corrected chi connectivity index (χ0v) is 9.27. The molecule has 0 saturated carbocycles. The van der Waals surface area contributed by atoms with Gasteiger partial charge in [0, 0.05) is 12.8 Å². The van der Waals surface area contributed by atoms with Gasteiger partial charge in [0.1, 0.15) is 0 Å². The van der Waals surface area contributed by atoms with E-state index in [-0.39, 0.29) is 0 Å². The lowest BCUT2D eigenvalue weighted by molar-refractivity contribution is 0.152. The SMILES string of the molecule is CNC(=O)ON=C(CSC)C(C)C. The van der Waals surface area contributed by atoms with Crippen molar-refractivity contribution in [3.8, 4) is 0 Å². The average Bonchev–Trinajstić information content (AvgIpc) is 2.11. The Labute approximate surface area is 83.1 Å². The molecule has 0 fully saturated rings. The van der Waals surface area contributed by atoms with Crippen molar-refractivity contribution in [3.63, 3.8) is 0 Å². The van der Waals surface area contributed by atoms with Crippen LogP contribution in [0.5, 0.6) is 0 Å². The van der Waals surface area contributed by atoms with E-state index >= 15 is 0 Å². The number of nitrogens with zero attached hydrogens (tertiary/aromatic N) is 1. The number of hydrogen-bond donors (Lipinski definition) is 1. The monoisotopic (exact) mass is 204 g/mol. The summed E-state index contributed by atoms with van der Waals surface area (Å²) in [6.45, 7) is 4.03. The molecule has 13 heavy (non-hydrogen) atoms. The second kappa shape index (κ2) is 6.77. The largest absolute Gasteiger partial charge is 0.433 e. The fraction of sp³-hybridized carbons (Fsp3) is 0.750. The van der Waals surface area contributed by atoms with Gasteiger partial charge in [-0.15, -0.1) is 0 Å². The molecule has 0 aromatic heterocycles. The van der Waals surface area contributed by atoms with Gasteiger partial charge in [0.05, 0.1) is 5.71 Å². The highest BCUT2D eigenvalue weighted by Gasteiger charge is 2.06. The topological polar surface area (TPSA) is 50.7 Å². The van der Waals surface area contributed by atoms with Gasteiger partial charge in [-0.2, -0.15) is 11.8 Å². The van der Waals surface area contributed by atoms with Crippen molar-refractivity contribution < 1.29 is 9.63 Å². The lowest BCUT2D eigenvalue weighted by Gasteiger charge is -2.06. The van der Waals surface area contributed by atoms with Gasteiger partial charge in [0.2, 0.25) is 0 Å². The summed E-state index contributed by atoms with van der Waals surface area (Å²) in [5.74, 6) is 1.09. The third-order valence-corrected chi connectivity index (χ3v) is 1.99. The van der Waals surface area contributed by atoms with Crippen LogP contribution in [0.4, 0.5) is 4.79 Å². The maximum atomic E-state index is 10.7. The second-order valence-corrected chi connectivity index (χ2v) is 3.67. The van der Waals surface area contributed by atoms with Gasteiger partial charge < -0.3 is 5.32 Å². The first-order valence-electron chi connectivity index (χ1n) is 4.06. The highest BCUT2D eigenvalue weighted by Crippen LogP contribution is 2.04. The molecule has 5 heteroatoms. The van der Waals surface area contributed by atoms with Crippen LogP contribution < -0.4 is 5.32 Å². The van der Waals surface area contributed by atoms with Crippen LogP contribution in [0.15, 0.2) is 5.16 Å². The Balaban J connectivity index is 4.11. The summed E-state index contributed by atoms with van der Waals surface area (Å²) < 4.78 is 0. The molecule has 0 saturated heterocycles. The molecule has 0 bridgehead atoms. The number of amides is 1. The van der Waals surface area contributed by atoms with Gasteiger partial charge in [-0.25, -0.2) is 4.79 Å². The minimum atomic E-state index is -0.528. The van der Waals surface area contributed by atoms with Crippen LogP contribution in [0.25, 0.3) is 0 Å². The third-order valence-electron chi connectivity index (χ3n) is 1.41. The smallest absolute Gasteiger partial charge is 0.323 e. The van der Waals surface area contributed by atoms with Crippen molar-refractivity contribution in [1.82, 2.24) is 5.32 Å². The number of oxime groups is 1. The molecule has 76 valence electrons. The Morgan fingerprint density at radius 2 is 2.23 bits per heavy atom. The van der Waals surface area contributed by atoms with Gasteiger partial charge in [-0.3, -0.25) is 4.84 Å². The molecule has 0 aliphatic carbocycles. The first-order valence-corrected chi connectivity index (χ1v) is 5.45. The number of nitrogens with one attached hydrogen (secondary N) is 1. The second-order valence-electron chi connectivity index (χ2n) is 2.80. The Hall–Kier alpha value is -0.710. The van der Waals surface area contributed by atoms with Crippen molar-refractivity contribution in [2.75, 3.05) is 19.1 Å². The molecule has 0 spiro atoms. The number of thioether (sulfide) groups is 1. The molecule has 0 atom stereocenters. The summed E-state index contributed by atoms with van der Waals surface area (Å²) >= 11 is 1.65. The molecular formula is C8H16N2O2S. The summed E-state index contributed by atoms with van der Waals surface area (Å²) in [5, 5.41) is 6.09. The first-order chi connectivity index (χ1) is 6.11. The summed E-state index contributed by atoms with van der Waals surface area (Å²) in [6.07, 6.45) is 1.46. The minimum absolute atomic E-state index is 0.303. The van der Waals surface area contributed by atoms with E-state index in [0.29, 0.717) is 5.92 Å². The lowest BCUT2D eigenvalue weighted by Crippen LogP contribution is -2.19. The van der Waals surface area contributed by atoms with Gasteiger partial charge in [-0.05, 0) is 12.2 Å². The maximum absolute atomic E-state index is 10.7. The average molecular weight is 204 g/mol. The van der Waals surface area contributed by atoms with E-state index < -0.39 is 6.09 Å². The Morgan fingerprint density at radius 3 is 2.62 bits per heavy atom. The van der Waals surface area contributed by atoms with E-state index in [1.165, 1.54) is 7.05 Å². The number of hydrogen-bond acceptors (Lipinski definition) is 4. The van der Waals surface area contributed by atoms with Crippen molar-refractivity contribution in [2.24, 2.45) is 11.1 Å². The zero-order valence-electron chi connectivity index (χ0n) is 8.46. The van der Waals surface area contributed by atoms with Crippen LogP contribution in [-0.4, -0.2) is 30.9 Å². The summed E-state index contributed by atoms with van der Waals surface area (Å²) in [6, 6.07) is 0.